The molecule has 0 aliphatic carbocycles. The van der Waals surface area contributed by atoms with Crippen molar-refractivity contribution in [3.63, 3.8) is 0 Å². The van der Waals surface area contributed by atoms with Gasteiger partial charge in [0.05, 0.1) is 9.79 Å². The molecule has 0 heterocycles. The van der Waals surface area contributed by atoms with Crippen LogP contribution in [0.2, 0.25) is 0 Å². The molecule has 5 nitrogen and oxygen atoms in total. The molecular weight excluding hydrogens is 352 g/mol. The molecule has 0 fully saturated rings. The first kappa shape index (κ1) is 17.0. The molecule has 0 aromatic heterocycles. The molecule has 0 radical (unpaired) electrons. The summed E-state index contributed by atoms with van der Waals surface area (Å²) in [4.78, 5) is -0.205. The van der Waals surface area contributed by atoms with Gasteiger partial charge >= 0.3 is 0 Å². The maximum atomic E-state index is 11.9. The average molecular weight is 363 g/mol. The normalized spacial score (nSPS) is 11.6. The van der Waals surface area contributed by atoms with Gasteiger partial charge < -0.3 is 0 Å². The molecule has 102 valence electrons. The standard InChI is InChI=1S/C12H11NO4S2.Zn/c14-18(15,11-7-3-1-4-8-11)13-19(16,17)12-9-5-2-6-10-12;/h1-10,13H;. The van der Waals surface area contributed by atoms with Crippen molar-refractivity contribution in [1.82, 2.24) is 4.13 Å². The second-order valence-electron chi connectivity index (χ2n) is 3.72. The number of sulfonamides is 2. The molecular formula is C12H11NO4S2Zn. The Morgan fingerprint density at radius 1 is 0.600 bits per heavy atom. The summed E-state index contributed by atoms with van der Waals surface area (Å²) >= 11 is 0. The number of benzene rings is 2. The van der Waals surface area contributed by atoms with Crippen LogP contribution >= 0.6 is 0 Å². The van der Waals surface area contributed by atoms with Crippen LogP contribution in [0, 0.1) is 0 Å². The average Bonchev–Trinajstić information content (AvgIpc) is 2.40. The predicted octanol–water partition coefficient (Wildman–Crippen LogP) is 1.35. The van der Waals surface area contributed by atoms with Crippen molar-refractivity contribution in [2.45, 2.75) is 9.79 Å². The molecule has 0 amide bonds. The van der Waals surface area contributed by atoms with Crippen molar-refractivity contribution in [3.05, 3.63) is 60.7 Å². The van der Waals surface area contributed by atoms with E-state index in [1.807, 2.05) is 0 Å². The van der Waals surface area contributed by atoms with E-state index in [1.54, 1.807) is 16.3 Å². The van der Waals surface area contributed by atoms with Gasteiger partial charge in [0.1, 0.15) is 0 Å². The van der Waals surface area contributed by atoms with Gasteiger partial charge in [-0.25, -0.2) is 16.8 Å². The van der Waals surface area contributed by atoms with Crippen LogP contribution in [-0.4, -0.2) is 16.8 Å². The van der Waals surface area contributed by atoms with Crippen LogP contribution < -0.4 is 4.13 Å². The van der Waals surface area contributed by atoms with Gasteiger partial charge in [0.15, 0.2) is 0 Å². The van der Waals surface area contributed by atoms with E-state index >= 15 is 0 Å². The molecule has 8 heteroatoms. The summed E-state index contributed by atoms with van der Waals surface area (Å²) in [7, 11) is -8.21. The van der Waals surface area contributed by atoms with Gasteiger partial charge in [0.2, 0.25) is 0 Å². The zero-order valence-electron chi connectivity index (χ0n) is 10.4. The fourth-order valence-corrected chi connectivity index (χ4v) is 4.40. The summed E-state index contributed by atoms with van der Waals surface area (Å²) in [5.41, 5.74) is 0. The van der Waals surface area contributed by atoms with Gasteiger partial charge in [0.25, 0.3) is 20.0 Å². The third kappa shape index (κ3) is 3.96. The second kappa shape index (κ2) is 6.58. The summed E-state index contributed by atoms with van der Waals surface area (Å²) in [6.45, 7) is 0. The maximum absolute atomic E-state index is 11.9. The SMILES string of the molecule is O=S(=O)(NS(=O)(=O)c1ccccc1)c1ccccc1.[Zn]. The van der Waals surface area contributed by atoms with E-state index in [0.29, 0.717) is 0 Å². The minimum absolute atomic E-state index is 0. The third-order valence-corrected chi connectivity index (χ3v) is 5.87. The largest absolute Gasteiger partial charge is 0.253 e. The van der Waals surface area contributed by atoms with Crippen molar-refractivity contribution >= 4 is 20.0 Å². The fourth-order valence-electron chi connectivity index (χ4n) is 1.44. The van der Waals surface area contributed by atoms with E-state index in [0.717, 1.165) is 0 Å². The number of nitrogens with one attached hydrogen (secondary N) is 1. The van der Waals surface area contributed by atoms with Gasteiger partial charge in [-0.1, -0.05) is 36.4 Å². The van der Waals surface area contributed by atoms with Gasteiger partial charge in [-0.15, -0.1) is 4.13 Å². The monoisotopic (exact) mass is 361 g/mol. The van der Waals surface area contributed by atoms with Crippen LogP contribution in [0.5, 0.6) is 0 Å². The van der Waals surface area contributed by atoms with Gasteiger partial charge in [-0.3, -0.25) is 0 Å². The van der Waals surface area contributed by atoms with E-state index in [-0.39, 0.29) is 29.3 Å². The van der Waals surface area contributed by atoms with Crippen LogP contribution in [0.4, 0.5) is 0 Å². The van der Waals surface area contributed by atoms with E-state index < -0.39 is 20.0 Å². The Morgan fingerprint density at radius 3 is 1.20 bits per heavy atom. The molecule has 20 heavy (non-hydrogen) atoms. The summed E-state index contributed by atoms with van der Waals surface area (Å²) in [6, 6.07) is 14.6. The zero-order valence-corrected chi connectivity index (χ0v) is 15.0. The Kier molecular flexibility index (Phi) is 5.59. The minimum Gasteiger partial charge on any atom is -0.206 e. The first-order valence-corrected chi connectivity index (χ1v) is 8.27. The molecule has 0 unspecified atom stereocenters. The Balaban J connectivity index is 0.00000200. The van der Waals surface area contributed by atoms with Crippen molar-refractivity contribution in [2.75, 3.05) is 0 Å². The molecule has 1 N–H and O–H groups in total. The van der Waals surface area contributed by atoms with E-state index in [4.69, 9.17) is 0 Å². The second-order valence-corrected chi connectivity index (χ2v) is 7.34. The van der Waals surface area contributed by atoms with Crippen LogP contribution in [0.3, 0.4) is 0 Å². The third-order valence-electron chi connectivity index (χ3n) is 2.33. The smallest absolute Gasteiger partial charge is 0.206 e. The Bertz CT molecular complexity index is 692. The molecule has 0 bridgehead atoms. The van der Waals surface area contributed by atoms with Crippen LogP contribution in [0.1, 0.15) is 0 Å². The topological polar surface area (TPSA) is 80.3 Å². The van der Waals surface area contributed by atoms with Gasteiger partial charge in [-0.2, -0.15) is 0 Å². The molecule has 0 aliphatic heterocycles. The predicted molar refractivity (Wildman–Crippen MR) is 70.4 cm³/mol. The fraction of sp³-hybridized carbons (Fsp3) is 0. The molecule has 0 saturated heterocycles. The van der Waals surface area contributed by atoms with Crippen LogP contribution in [-0.2, 0) is 39.5 Å². The summed E-state index contributed by atoms with van der Waals surface area (Å²) in [5, 5.41) is 0. The molecule has 0 atom stereocenters. The first-order chi connectivity index (χ1) is 8.92. The molecule has 2 aromatic carbocycles. The zero-order chi connectivity index (χ0) is 13.9. The molecule has 0 aliphatic rings. The van der Waals surface area contributed by atoms with E-state index in [9.17, 15) is 16.8 Å². The maximum Gasteiger partial charge on any atom is 0.253 e. The van der Waals surface area contributed by atoms with Crippen molar-refractivity contribution in [2.24, 2.45) is 0 Å². The van der Waals surface area contributed by atoms with Crippen LogP contribution in [0.15, 0.2) is 70.5 Å². The Hall–Kier alpha value is -1.08. The number of rotatable bonds is 4. The van der Waals surface area contributed by atoms with Gasteiger partial charge in [-0.05, 0) is 24.3 Å². The van der Waals surface area contributed by atoms with Crippen LogP contribution in [0.25, 0.3) is 0 Å². The number of hydrogen-bond acceptors (Lipinski definition) is 4. The van der Waals surface area contributed by atoms with E-state index in [1.165, 1.54) is 48.5 Å². The van der Waals surface area contributed by atoms with Gasteiger partial charge in [0, 0.05) is 19.5 Å². The Labute approximate surface area is 130 Å². The molecule has 0 spiro atoms. The van der Waals surface area contributed by atoms with Crippen molar-refractivity contribution in [3.8, 4) is 0 Å². The number of hydrogen-bond donors (Lipinski definition) is 1. The summed E-state index contributed by atoms with van der Waals surface area (Å²) in [5.74, 6) is 0. The Morgan fingerprint density at radius 2 is 0.900 bits per heavy atom. The molecule has 2 rings (SSSR count). The molecule has 2 aromatic rings. The molecule has 0 saturated carbocycles. The minimum atomic E-state index is -4.10. The quantitative estimate of drug-likeness (QED) is 0.833. The van der Waals surface area contributed by atoms with E-state index in [2.05, 4.69) is 0 Å². The summed E-state index contributed by atoms with van der Waals surface area (Å²) in [6.07, 6.45) is 0. The van der Waals surface area contributed by atoms with Crippen molar-refractivity contribution < 1.29 is 36.3 Å². The first-order valence-electron chi connectivity index (χ1n) is 5.30. The summed E-state index contributed by atoms with van der Waals surface area (Å²) < 4.78 is 49.4. The van der Waals surface area contributed by atoms with Crippen molar-refractivity contribution in [1.29, 1.82) is 0 Å².